The Balaban J connectivity index is 2.03. The van der Waals surface area contributed by atoms with Crippen molar-refractivity contribution in [3.8, 4) is 5.75 Å². The normalized spacial score (nSPS) is 12.4. The molecule has 0 saturated carbocycles. The molecular formula is C16H20N2O. The van der Waals surface area contributed by atoms with E-state index < -0.39 is 0 Å². The summed E-state index contributed by atoms with van der Waals surface area (Å²) in [4.78, 5) is 4.02. The van der Waals surface area contributed by atoms with E-state index in [1.165, 1.54) is 11.1 Å². The number of benzene rings is 1. The Hall–Kier alpha value is -1.87. The Morgan fingerprint density at radius 3 is 2.32 bits per heavy atom. The van der Waals surface area contributed by atoms with Crippen molar-refractivity contribution in [3.63, 3.8) is 0 Å². The summed E-state index contributed by atoms with van der Waals surface area (Å²) in [5.41, 5.74) is 4.26. The van der Waals surface area contributed by atoms with E-state index in [9.17, 15) is 5.11 Å². The van der Waals surface area contributed by atoms with Gasteiger partial charge in [0.1, 0.15) is 5.75 Å². The Morgan fingerprint density at radius 1 is 1.16 bits per heavy atom. The van der Waals surface area contributed by atoms with Gasteiger partial charge in [0.25, 0.3) is 0 Å². The minimum absolute atomic E-state index is 0.275. The maximum Gasteiger partial charge on any atom is 0.121 e. The van der Waals surface area contributed by atoms with Crippen LogP contribution in [0, 0.1) is 13.8 Å². The number of pyridine rings is 1. The van der Waals surface area contributed by atoms with Gasteiger partial charge in [-0.2, -0.15) is 0 Å². The number of hydrogen-bond donors (Lipinski definition) is 2. The summed E-state index contributed by atoms with van der Waals surface area (Å²) < 4.78 is 0. The minimum Gasteiger partial charge on any atom is -0.507 e. The van der Waals surface area contributed by atoms with Gasteiger partial charge in [0.05, 0.1) is 0 Å². The molecule has 2 aromatic rings. The maximum atomic E-state index is 9.76. The first-order valence-corrected chi connectivity index (χ1v) is 6.50. The van der Waals surface area contributed by atoms with Gasteiger partial charge in [0.15, 0.2) is 0 Å². The van der Waals surface area contributed by atoms with Crippen LogP contribution < -0.4 is 5.32 Å². The number of aromatic nitrogens is 1. The molecule has 100 valence electrons. The van der Waals surface area contributed by atoms with Crippen LogP contribution in [0.25, 0.3) is 0 Å². The Labute approximate surface area is 114 Å². The molecule has 1 aromatic heterocycles. The lowest BCUT2D eigenvalue weighted by Crippen LogP contribution is -2.18. The highest BCUT2D eigenvalue weighted by Crippen LogP contribution is 2.23. The maximum absolute atomic E-state index is 9.76. The van der Waals surface area contributed by atoms with Crippen LogP contribution in [0.2, 0.25) is 0 Å². The summed E-state index contributed by atoms with van der Waals surface area (Å²) in [7, 11) is 0. The molecule has 0 aliphatic carbocycles. The van der Waals surface area contributed by atoms with Crippen molar-refractivity contribution in [3.05, 3.63) is 58.9 Å². The second kappa shape index (κ2) is 5.85. The molecule has 0 unspecified atom stereocenters. The molecule has 1 heterocycles. The summed E-state index contributed by atoms with van der Waals surface area (Å²) >= 11 is 0. The SMILES string of the molecule is Cc1cc(CN[C@H](C)c2ccncc2)cc(C)c1O. The number of aryl methyl sites for hydroxylation is 2. The molecular weight excluding hydrogens is 236 g/mol. The third kappa shape index (κ3) is 3.32. The molecule has 3 heteroatoms. The molecule has 0 bridgehead atoms. The molecule has 0 saturated heterocycles. The van der Waals surface area contributed by atoms with Crippen molar-refractivity contribution in [2.75, 3.05) is 0 Å². The van der Waals surface area contributed by atoms with Crippen LogP contribution in [0.15, 0.2) is 36.7 Å². The van der Waals surface area contributed by atoms with E-state index in [2.05, 4.69) is 17.2 Å². The first-order valence-electron chi connectivity index (χ1n) is 6.50. The fourth-order valence-electron chi connectivity index (χ4n) is 2.19. The average molecular weight is 256 g/mol. The molecule has 0 aliphatic heterocycles. The van der Waals surface area contributed by atoms with E-state index >= 15 is 0 Å². The van der Waals surface area contributed by atoms with Gasteiger partial charge in [0.2, 0.25) is 0 Å². The highest BCUT2D eigenvalue weighted by molar-refractivity contribution is 5.42. The van der Waals surface area contributed by atoms with Crippen LogP contribution in [0.1, 0.15) is 35.2 Å². The molecule has 1 aromatic carbocycles. The minimum atomic E-state index is 0.275. The van der Waals surface area contributed by atoms with Gasteiger partial charge in [-0.05, 0) is 55.2 Å². The number of nitrogens with one attached hydrogen (secondary N) is 1. The predicted molar refractivity (Wildman–Crippen MR) is 77.1 cm³/mol. The van der Waals surface area contributed by atoms with Crippen molar-refractivity contribution in [1.82, 2.24) is 10.3 Å². The zero-order chi connectivity index (χ0) is 13.8. The lowest BCUT2D eigenvalue weighted by Gasteiger charge is -2.15. The highest BCUT2D eigenvalue weighted by atomic mass is 16.3. The van der Waals surface area contributed by atoms with Gasteiger partial charge in [-0.3, -0.25) is 4.98 Å². The summed E-state index contributed by atoms with van der Waals surface area (Å²) in [6, 6.07) is 8.36. The smallest absolute Gasteiger partial charge is 0.121 e. The molecule has 3 nitrogen and oxygen atoms in total. The number of phenolic OH excluding ortho intramolecular Hbond substituents is 1. The van der Waals surface area contributed by atoms with Gasteiger partial charge in [-0.15, -0.1) is 0 Å². The van der Waals surface area contributed by atoms with Gasteiger partial charge in [0, 0.05) is 25.0 Å². The summed E-state index contributed by atoms with van der Waals surface area (Å²) in [6.45, 7) is 6.77. The molecule has 0 amide bonds. The van der Waals surface area contributed by atoms with Crippen molar-refractivity contribution >= 4 is 0 Å². The fraction of sp³-hybridized carbons (Fsp3) is 0.312. The monoisotopic (exact) mass is 256 g/mol. The molecule has 0 spiro atoms. The van der Waals surface area contributed by atoms with E-state index in [4.69, 9.17) is 0 Å². The van der Waals surface area contributed by atoms with Gasteiger partial charge in [-0.1, -0.05) is 12.1 Å². The van der Waals surface area contributed by atoms with E-state index in [-0.39, 0.29) is 6.04 Å². The quantitative estimate of drug-likeness (QED) is 0.882. The number of phenols is 1. The lowest BCUT2D eigenvalue weighted by molar-refractivity contribution is 0.466. The van der Waals surface area contributed by atoms with Crippen LogP contribution >= 0.6 is 0 Å². The molecule has 2 N–H and O–H groups in total. The van der Waals surface area contributed by atoms with Crippen LogP contribution in [-0.2, 0) is 6.54 Å². The molecule has 2 rings (SSSR count). The third-order valence-electron chi connectivity index (χ3n) is 3.37. The zero-order valence-corrected chi connectivity index (χ0v) is 11.6. The molecule has 0 radical (unpaired) electrons. The van der Waals surface area contributed by atoms with Crippen LogP contribution in [0.4, 0.5) is 0 Å². The Bertz CT molecular complexity index is 529. The van der Waals surface area contributed by atoms with Gasteiger partial charge < -0.3 is 10.4 Å². The molecule has 19 heavy (non-hydrogen) atoms. The van der Waals surface area contributed by atoms with Crippen molar-refractivity contribution in [2.24, 2.45) is 0 Å². The lowest BCUT2D eigenvalue weighted by atomic mass is 10.0. The second-order valence-corrected chi connectivity index (χ2v) is 4.96. The predicted octanol–water partition coefficient (Wildman–Crippen LogP) is 3.25. The first kappa shape index (κ1) is 13.6. The highest BCUT2D eigenvalue weighted by Gasteiger charge is 2.06. The largest absolute Gasteiger partial charge is 0.507 e. The summed E-state index contributed by atoms with van der Waals surface area (Å²) in [5, 5.41) is 13.2. The molecule has 1 atom stereocenters. The average Bonchev–Trinajstić information content (AvgIpc) is 2.43. The number of rotatable bonds is 4. The van der Waals surface area contributed by atoms with E-state index in [0.29, 0.717) is 5.75 Å². The molecule has 0 fully saturated rings. The van der Waals surface area contributed by atoms with Crippen molar-refractivity contribution < 1.29 is 5.11 Å². The standard InChI is InChI=1S/C16H20N2O/c1-11-8-14(9-12(2)16(11)19)10-18-13(3)15-4-6-17-7-5-15/h4-9,13,18-19H,10H2,1-3H3/t13-/m1/s1. The zero-order valence-electron chi connectivity index (χ0n) is 11.6. The second-order valence-electron chi connectivity index (χ2n) is 4.96. The summed E-state index contributed by atoms with van der Waals surface area (Å²) in [5.74, 6) is 0.394. The first-order chi connectivity index (χ1) is 9.08. The Kier molecular flexibility index (Phi) is 4.17. The van der Waals surface area contributed by atoms with Crippen molar-refractivity contribution in [2.45, 2.75) is 33.4 Å². The van der Waals surface area contributed by atoms with E-state index in [1.54, 1.807) is 0 Å². The number of hydrogen-bond acceptors (Lipinski definition) is 3. The topological polar surface area (TPSA) is 45.2 Å². The van der Waals surface area contributed by atoms with Crippen LogP contribution in [-0.4, -0.2) is 10.1 Å². The van der Waals surface area contributed by atoms with Crippen molar-refractivity contribution in [1.29, 1.82) is 0 Å². The van der Waals surface area contributed by atoms with Crippen LogP contribution in [0.5, 0.6) is 5.75 Å². The van der Waals surface area contributed by atoms with E-state index in [0.717, 1.165) is 17.7 Å². The number of nitrogens with zero attached hydrogens (tertiary/aromatic N) is 1. The Morgan fingerprint density at radius 2 is 1.74 bits per heavy atom. The van der Waals surface area contributed by atoms with Gasteiger partial charge in [-0.25, -0.2) is 0 Å². The third-order valence-corrected chi connectivity index (χ3v) is 3.37. The fourth-order valence-corrected chi connectivity index (χ4v) is 2.19. The summed E-state index contributed by atoms with van der Waals surface area (Å²) in [6.07, 6.45) is 3.62. The van der Waals surface area contributed by atoms with E-state index in [1.807, 2.05) is 50.5 Å². The van der Waals surface area contributed by atoms with Gasteiger partial charge >= 0.3 is 0 Å². The molecule has 0 aliphatic rings. The van der Waals surface area contributed by atoms with Crippen LogP contribution in [0.3, 0.4) is 0 Å². The number of aromatic hydroxyl groups is 1.